The smallest absolute Gasteiger partial charge is 0.386 e. The maximum Gasteiger partial charge on any atom is 0.433 e. The zero-order valence-corrected chi connectivity index (χ0v) is 35.3. The van der Waals surface area contributed by atoms with Crippen LogP contribution in [0, 0.1) is 17.3 Å². The molecule has 4 aromatic rings. The van der Waals surface area contributed by atoms with Crippen LogP contribution < -0.4 is 16.0 Å². The Morgan fingerprint density at radius 3 is 2.39 bits per heavy atom. The lowest BCUT2D eigenvalue weighted by Gasteiger charge is -2.60. The van der Waals surface area contributed by atoms with E-state index in [2.05, 4.69) is 25.8 Å². The number of likely N-dealkylation sites (tertiary alicyclic amines) is 1. The highest BCUT2D eigenvalue weighted by atomic mass is 32.1. The van der Waals surface area contributed by atoms with Crippen molar-refractivity contribution in [3.63, 3.8) is 0 Å². The zero-order valence-electron chi connectivity index (χ0n) is 34.4. The highest BCUT2D eigenvalue weighted by molar-refractivity contribution is 7.18. The van der Waals surface area contributed by atoms with Gasteiger partial charge in [0.25, 0.3) is 17.7 Å². The molecule has 2 saturated carbocycles. The maximum atomic E-state index is 13.4. The highest BCUT2D eigenvalue weighted by Gasteiger charge is 2.52. The molecule has 13 nitrogen and oxygen atoms in total. The number of hydrogen-bond donors (Lipinski definition) is 4. The van der Waals surface area contributed by atoms with Gasteiger partial charge >= 0.3 is 6.18 Å². The minimum atomic E-state index is -4.69. The van der Waals surface area contributed by atoms with Crippen molar-refractivity contribution in [2.75, 3.05) is 36.8 Å². The van der Waals surface area contributed by atoms with Crippen LogP contribution in [0.5, 0.6) is 0 Å². The Bertz CT molecular complexity index is 2480. The number of aromatic nitrogens is 2. The Hall–Kier alpha value is -5.26. The third-order valence-corrected chi connectivity index (χ3v) is 14.5. The third kappa shape index (κ3) is 8.10. The first-order valence-corrected chi connectivity index (χ1v) is 22.1. The van der Waals surface area contributed by atoms with E-state index in [9.17, 15) is 42.3 Å². The van der Waals surface area contributed by atoms with Crippen molar-refractivity contribution < 1.29 is 42.3 Å². The number of anilines is 2. The Morgan fingerprint density at radius 1 is 0.935 bits per heavy atom. The number of alkyl halides is 3. The predicted octanol–water partition coefficient (Wildman–Crippen LogP) is 7.08. The van der Waals surface area contributed by atoms with E-state index in [4.69, 9.17) is 4.98 Å². The number of pyridine rings is 1. The van der Waals surface area contributed by atoms with Crippen molar-refractivity contribution in [3.05, 3.63) is 81.6 Å². The summed E-state index contributed by atoms with van der Waals surface area (Å²) < 4.78 is 40.6. The standard InChI is InChI=1S/C45H48F3N7O6S/c1-43(2,61)28-17-32-34(18-31(28)51-38(57)30-7-4-8-35(50-30)45(46,47)48)62-40(52-32)26-11-9-24(10-12-26)21-54-22-44(23-54)19-25(20-44)15-16-49-29-6-3-5-27-37(29)42(60)55(41(27)59)33-13-14-36(56)53-39(33)58/h3-8,17-18,24-26,33,49,61H,9-16,19-23H2,1-2H3,(H,51,57)(H,53,56,58)/t24?,26?,33-/m0/s1. The topological polar surface area (TPSA) is 174 Å². The number of nitrogens with one attached hydrogen (secondary N) is 3. The van der Waals surface area contributed by atoms with Gasteiger partial charge in [0.05, 0.1) is 32.0 Å². The summed E-state index contributed by atoms with van der Waals surface area (Å²) in [5, 5.41) is 20.3. The lowest BCUT2D eigenvalue weighted by molar-refractivity contribution is -0.141. The molecule has 4 fully saturated rings. The molecule has 2 aliphatic carbocycles. The molecular weight excluding hydrogens is 824 g/mol. The number of hydrogen-bond acceptors (Lipinski definition) is 11. The van der Waals surface area contributed by atoms with E-state index < -0.39 is 53.0 Å². The van der Waals surface area contributed by atoms with Crippen LogP contribution in [0.3, 0.4) is 0 Å². The van der Waals surface area contributed by atoms with Crippen molar-refractivity contribution in [3.8, 4) is 0 Å². The van der Waals surface area contributed by atoms with Crippen molar-refractivity contribution in [2.24, 2.45) is 17.3 Å². The van der Waals surface area contributed by atoms with Crippen LogP contribution in [0.15, 0.2) is 48.5 Å². The van der Waals surface area contributed by atoms with Crippen molar-refractivity contribution >= 4 is 62.5 Å². The second-order valence-corrected chi connectivity index (χ2v) is 19.5. The quantitative estimate of drug-likeness (QED) is 0.114. The molecule has 17 heteroatoms. The first-order chi connectivity index (χ1) is 29.4. The van der Waals surface area contributed by atoms with Gasteiger partial charge in [-0.15, -0.1) is 11.3 Å². The van der Waals surface area contributed by atoms with Gasteiger partial charge in [-0.2, -0.15) is 13.2 Å². The number of amides is 5. The zero-order chi connectivity index (χ0) is 43.7. The molecular formula is C45H48F3N7O6S. The minimum Gasteiger partial charge on any atom is -0.386 e. The van der Waals surface area contributed by atoms with E-state index in [-0.39, 0.29) is 29.7 Å². The monoisotopic (exact) mass is 871 g/mol. The summed E-state index contributed by atoms with van der Waals surface area (Å²) in [4.78, 5) is 75.9. The summed E-state index contributed by atoms with van der Waals surface area (Å²) in [6.07, 6.45) is 3.03. The Morgan fingerprint density at radius 2 is 1.68 bits per heavy atom. The van der Waals surface area contributed by atoms with Crippen molar-refractivity contribution in [1.29, 1.82) is 0 Å². The van der Waals surface area contributed by atoms with Gasteiger partial charge in [-0.05, 0) is 119 Å². The normalized spacial score (nSPS) is 23.0. The average molecular weight is 872 g/mol. The molecule has 9 rings (SSSR count). The van der Waals surface area contributed by atoms with Gasteiger partial charge in [-0.25, -0.2) is 9.97 Å². The molecule has 5 heterocycles. The summed E-state index contributed by atoms with van der Waals surface area (Å²) in [7, 11) is 0. The van der Waals surface area contributed by atoms with Crippen LogP contribution in [-0.4, -0.2) is 86.6 Å². The molecule has 1 spiro atoms. The van der Waals surface area contributed by atoms with Crippen LogP contribution in [0.4, 0.5) is 24.5 Å². The molecule has 0 radical (unpaired) electrons. The summed E-state index contributed by atoms with van der Waals surface area (Å²) in [5.74, 6) is -1.36. The molecule has 0 unspecified atom stereocenters. The number of nitrogens with zero attached hydrogens (tertiary/aromatic N) is 4. The van der Waals surface area contributed by atoms with Crippen LogP contribution in [0.1, 0.15) is 125 Å². The number of carbonyl (C=O) groups excluding carboxylic acids is 5. The number of benzene rings is 2. The molecule has 2 aromatic heterocycles. The number of halogens is 3. The number of fused-ring (bicyclic) bond motifs is 2. The first-order valence-electron chi connectivity index (χ1n) is 21.3. The second kappa shape index (κ2) is 15.8. The van der Waals surface area contributed by atoms with E-state index in [1.165, 1.54) is 18.9 Å². The fourth-order valence-corrected chi connectivity index (χ4v) is 11.5. The highest BCUT2D eigenvalue weighted by Crippen LogP contribution is 2.53. The average Bonchev–Trinajstić information content (AvgIpc) is 3.73. The predicted molar refractivity (Wildman–Crippen MR) is 225 cm³/mol. The maximum absolute atomic E-state index is 13.4. The van der Waals surface area contributed by atoms with E-state index in [1.54, 1.807) is 55.5 Å². The van der Waals surface area contributed by atoms with Crippen LogP contribution >= 0.6 is 11.3 Å². The number of carbonyl (C=O) groups is 5. The van der Waals surface area contributed by atoms with Crippen molar-refractivity contribution in [1.82, 2.24) is 25.1 Å². The lowest BCUT2D eigenvalue weighted by Crippen LogP contribution is -2.63. The molecule has 2 saturated heterocycles. The number of rotatable bonds is 11. The summed E-state index contributed by atoms with van der Waals surface area (Å²) in [6, 6.07) is 10.8. The van der Waals surface area contributed by atoms with Crippen LogP contribution in [0.25, 0.3) is 10.2 Å². The molecule has 326 valence electrons. The van der Waals surface area contributed by atoms with E-state index in [0.29, 0.717) is 52.2 Å². The molecule has 4 N–H and O–H groups in total. The summed E-state index contributed by atoms with van der Waals surface area (Å²) >= 11 is 1.55. The van der Waals surface area contributed by atoms with Gasteiger partial charge in [0.15, 0.2) is 0 Å². The van der Waals surface area contributed by atoms with Gasteiger partial charge in [0.1, 0.15) is 17.4 Å². The fourth-order valence-electron chi connectivity index (χ4n) is 10.4. The number of piperidine rings is 1. The Kier molecular flexibility index (Phi) is 10.7. The minimum absolute atomic E-state index is 0.0760. The third-order valence-electron chi connectivity index (χ3n) is 13.3. The van der Waals surface area contributed by atoms with E-state index >= 15 is 0 Å². The van der Waals surface area contributed by atoms with Gasteiger partial charge in [-0.1, -0.05) is 12.1 Å². The van der Waals surface area contributed by atoms with Crippen molar-refractivity contribution in [2.45, 2.75) is 95.4 Å². The molecule has 5 amide bonds. The Balaban J connectivity index is 0.735. The molecule has 3 aliphatic heterocycles. The number of aliphatic hydroxyl groups is 1. The largest absolute Gasteiger partial charge is 0.433 e. The molecule has 62 heavy (non-hydrogen) atoms. The van der Waals surface area contributed by atoms with Gasteiger partial charge in [-0.3, -0.25) is 34.2 Å². The number of imide groups is 2. The SMILES string of the molecule is CC(C)(O)c1cc2nc(C3CCC(CN4CC5(CC(CCNc6cccc7c6C(=O)N([C@H]6CCC(=O)NC6=O)C7=O)C5)C4)CC3)sc2cc1NC(=O)c1cccc(C(F)(F)F)n1. The second-order valence-electron chi connectivity index (χ2n) is 18.4. The van der Waals surface area contributed by atoms with Gasteiger partial charge < -0.3 is 20.6 Å². The fraction of sp³-hybridized carbons (Fsp3) is 0.489. The lowest BCUT2D eigenvalue weighted by atomic mass is 9.57. The first kappa shape index (κ1) is 42.1. The van der Waals surface area contributed by atoms with E-state index in [0.717, 1.165) is 78.5 Å². The number of thiazole rings is 1. The van der Waals surface area contributed by atoms with Crippen LogP contribution in [-0.2, 0) is 21.4 Å². The molecule has 1 atom stereocenters. The van der Waals surface area contributed by atoms with Crippen LogP contribution in [0.2, 0.25) is 0 Å². The van der Waals surface area contributed by atoms with Gasteiger partial charge in [0.2, 0.25) is 11.8 Å². The summed E-state index contributed by atoms with van der Waals surface area (Å²) in [6.45, 7) is 7.13. The van der Waals surface area contributed by atoms with E-state index in [1.807, 2.05) is 0 Å². The molecule has 5 aliphatic rings. The molecule has 2 aromatic carbocycles. The summed E-state index contributed by atoms with van der Waals surface area (Å²) in [5.41, 5.74) is 0.0191. The molecule has 0 bridgehead atoms. The Labute approximate surface area is 359 Å². The van der Waals surface area contributed by atoms with Gasteiger partial charge in [0, 0.05) is 55.5 Å².